The zero-order valence-electron chi connectivity index (χ0n) is 13.7. The molecule has 0 bridgehead atoms. The van der Waals surface area contributed by atoms with E-state index in [0.29, 0.717) is 35.0 Å². The fraction of sp³-hybridized carbons (Fsp3) is 0.278. The topological polar surface area (TPSA) is 65.7 Å². The fourth-order valence-corrected chi connectivity index (χ4v) is 4.52. The van der Waals surface area contributed by atoms with Crippen LogP contribution in [0.4, 0.5) is 10.7 Å². The minimum atomic E-state index is -1.05. The van der Waals surface area contributed by atoms with Gasteiger partial charge in [0.1, 0.15) is 11.1 Å². The molecule has 3 heterocycles. The van der Waals surface area contributed by atoms with E-state index < -0.39 is 5.60 Å². The lowest BCUT2D eigenvalue weighted by atomic mass is 9.89. The van der Waals surface area contributed by atoms with E-state index in [1.807, 2.05) is 24.0 Å². The standard InChI is InChI=1S/C18H14ClN3O2S/c1-10-7-13-15(23)18(24-2)5-6-22(17(18)21-16(13)25-10)12-4-3-11(9-20)14(19)8-12/h3-4,7-8H,5-6H2,1-2H3/t18-/m1/s1. The number of ketones is 1. The number of ether oxygens (including phenoxy) is 1. The second-order valence-electron chi connectivity index (χ2n) is 6.05. The van der Waals surface area contributed by atoms with Crippen LogP contribution in [0.5, 0.6) is 0 Å². The van der Waals surface area contributed by atoms with Crippen molar-refractivity contribution in [2.45, 2.75) is 18.9 Å². The Labute approximate surface area is 154 Å². The highest BCUT2D eigenvalue weighted by molar-refractivity contribution is 7.16. The molecule has 1 aromatic carbocycles. The van der Waals surface area contributed by atoms with E-state index in [4.69, 9.17) is 26.6 Å². The highest BCUT2D eigenvalue weighted by atomic mass is 35.5. The summed E-state index contributed by atoms with van der Waals surface area (Å²) in [6.07, 6.45) is 0.521. The molecule has 0 amide bonds. The van der Waals surface area contributed by atoms with Gasteiger partial charge in [-0.05, 0) is 31.2 Å². The van der Waals surface area contributed by atoms with E-state index in [1.165, 1.54) is 11.3 Å². The number of anilines is 1. The molecule has 4 rings (SSSR count). The molecule has 1 atom stereocenters. The van der Waals surface area contributed by atoms with Crippen LogP contribution in [0.2, 0.25) is 5.02 Å². The fourth-order valence-electron chi connectivity index (χ4n) is 3.43. The van der Waals surface area contributed by atoms with Crippen LogP contribution in [-0.2, 0) is 4.74 Å². The zero-order valence-corrected chi connectivity index (χ0v) is 15.2. The smallest absolute Gasteiger partial charge is 0.205 e. The Morgan fingerprint density at radius 3 is 2.92 bits per heavy atom. The van der Waals surface area contributed by atoms with E-state index in [1.54, 1.807) is 19.2 Å². The third-order valence-corrected chi connectivity index (χ3v) is 5.95. The summed E-state index contributed by atoms with van der Waals surface area (Å²) in [5, 5.41) is 10.2. The number of rotatable bonds is 2. The number of hydrogen-bond acceptors (Lipinski definition) is 6. The molecule has 7 heteroatoms. The molecule has 0 radical (unpaired) electrons. The maximum atomic E-state index is 13.1. The van der Waals surface area contributed by atoms with Crippen molar-refractivity contribution >= 4 is 45.2 Å². The van der Waals surface area contributed by atoms with Crippen molar-refractivity contribution in [1.29, 1.82) is 5.26 Å². The number of thiophene rings is 1. The van der Waals surface area contributed by atoms with Crippen molar-refractivity contribution in [3.05, 3.63) is 45.3 Å². The normalized spacial score (nSPS) is 21.6. The van der Waals surface area contributed by atoms with Crippen LogP contribution in [0.1, 0.15) is 27.2 Å². The predicted molar refractivity (Wildman–Crippen MR) is 98.4 cm³/mol. The minimum Gasteiger partial charge on any atom is -0.362 e. The summed E-state index contributed by atoms with van der Waals surface area (Å²) < 4.78 is 5.71. The van der Waals surface area contributed by atoms with Crippen molar-refractivity contribution in [2.24, 2.45) is 4.99 Å². The molecule has 2 aromatic rings. The molecule has 1 fully saturated rings. The second kappa shape index (κ2) is 5.67. The first-order valence-corrected chi connectivity index (χ1v) is 8.96. The molecule has 1 aromatic heterocycles. The Balaban J connectivity index is 1.86. The Bertz CT molecular complexity index is 975. The molecular formula is C18H14ClN3O2S. The molecule has 0 saturated carbocycles. The van der Waals surface area contributed by atoms with Gasteiger partial charge < -0.3 is 9.64 Å². The lowest BCUT2D eigenvalue weighted by Crippen LogP contribution is -2.50. The van der Waals surface area contributed by atoms with Crippen LogP contribution >= 0.6 is 22.9 Å². The molecule has 0 spiro atoms. The first kappa shape index (κ1) is 16.3. The molecule has 0 N–H and O–H groups in total. The highest BCUT2D eigenvalue weighted by Crippen LogP contribution is 2.44. The number of aryl methyl sites for hydroxylation is 1. The average Bonchev–Trinajstić information content (AvgIpc) is 3.16. The van der Waals surface area contributed by atoms with Gasteiger partial charge >= 0.3 is 0 Å². The minimum absolute atomic E-state index is 0.0402. The van der Waals surface area contributed by atoms with Crippen LogP contribution in [0, 0.1) is 18.3 Å². The Hall–Kier alpha value is -2.20. The molecular weight excluding hydrogens is 358 g/mol. The third kappa shape index (κ3) is 2.24. The van der Waals surface area contributed by atoms with Gasteiger partial charge in [-0.2, -0.15) is 5.26 Å². The quantitative estimate of drug-likeness (QED) is 0.797. The van der Waals surface area contributed by atoms with Crippen molar-refractivity contribution in [2.75, 3.05) is 18.6 Å². The first-order chi connectivity index (χ1) is 12.0. The monoisotopic (exact) mass is 371 g/mol. The number of aliphatic imine (C=N–C) groups is 1. The van der Waals surface area contributed by atoms with E-state index in [9.17, 15) is 4.79 Å². The number of benzene rings is 1. The molecule has 5 nitrogen and oxygen atoms in total. The van der Waals surface area contributed by atoms with Crippen molar-refractivity contribution in [1.82, 2.24) is 0 Å². The van der Waals surface area contributed by atoms with E-state index >= 15 is 0 Å². The molecule has 2 aliphatic heterocycles. The summed E-state index contributed by atoms with van der Waals surface area (Å²) in [5.74, 6) is 0.553. The Morgan fingerprint density at radius 1 is 1.44 bits per heavy atom. The summed E-state index contributed by atoms with van der Waals surface area (Å²) >= 11 is 7.68. The average molecular weight is 372 g/mol. The van der Waals surface area contributed by atoms with Gasteiger partial charge in [-0.15, -0.1) is 11.3 Å². The third-order valence-electron chi connectivity index (χ3n) is 4.69. The number of carbonyl (C=O) groups excluding carboxylic acids is 1. The highest BCUT2D eigenvalue weighted by Gasteiger charge is 2.54. The number of hydrogen-bond donors (Lipinski definition) is 0. The van der Waals surface area contributed by atoms with Gasteiger partial charge in [0, 0.05) is 30.6 Å². The number of nitriles is 1. The van der Waals surface area contributed by atoms with Gasteiger partial charge in [0.05, 0.1) is 16.1 Å². The predicted octanol–water partition coefficient (Wildman–Crippen LogP) is 4.10. The maximum Gasteiger partial charge on any atom is 0.205 e. The van der Waals surface area contributed by atoms with Gasteiger partial charge in [-0.25, -0.2) is 4.99 Å². The summed E-state index contributed by atoms with van der Waals surface area (Å²) in [5.41, 5.74) is 0.792. The Morgan fingerprint density at radius 2 is 2.24 bits per heavy atom. The van der Waals surface area contributed by atoms with Crippen LogP contribution in [0.25, 0.3) is 0 Å². The number of fused-ring (bicyclic) bond motifs is 2. The zero-order chi connectivity index (χ0) is 17.8. The van der Waals surface area contributed by atoms with Gasteiger partial charge in [0.15, 0.2) is 11.4 Å². The van der Waals surface area contributed by atoms with Gasteiger partial charge in [0.2, 0.25) is 5.78 Å². The first-order valence-electron chi connectivity index (χ1n) is 7.77. The summed E-state index contributed by atoms with van der Waals surface area (Å²) in [4.78, 5) is 20.9. The summed E-state index contributed by atoms with van der Waals surface area (Å²) in [7, 11) is 1.55. The van der Waals surface area contributed by atoms with Gasteiger partial charge in [-0.1, -0.05) is 11.6 Å². The SMILES string of the molecule is CO[C@@]12CCN(c3ccc(C#N)c(Cl)c3)C1=Nc1sc(C)cc1C2=O. The number of carbonyl (C=O) groups is 1. The van der Waals surface area contributed by atoms with E-state index in [2.05, 4.69) is 6.07 Å². The number of Topliss-reactive ketones (excluding diaryl/α,β-unsaturated/α-hetero) is 1. The molecule has 0 aliphatic carbocycles. The second-order valence-corrected chi connectivity index (χ2v) is 7.69. The van der Waals surface area contributed by atoms with E-state index in [-0.39, 0.29) is 5.78 Å². The summed E-state index contributed by atoms with van der Waals surface area (Å²) in [6.45, 7) is 2.55. The molecule has 25 heavy (non-hydrogen) atoms. The number of nitrogens with zero attached hydrogens (tertiary/aromatic N) is 3. The lowest BCUT2D eigenvalue weighted by molar-refractivity contribution is 0.0389. The lowest BCUT2D eigenvalue weighted by Gasteiger charge is -2.31. The van der Waals surface area contributed by atoms with Crippen LogP contribution in [-0.4, -0.2) is 30.9 Å². The van der Waals surface area contributed by atoms with Gasteiger partial charge in [0.25, 0.3) is 0 Å². The maximum absolute atomic E-state index is 13.1. The number of amidine groups is 1. The molecule has 126 valence electrons. The van der Waals surface area contributed by atoms with Gasteiger partial charge in [-0.3, -0.25) is 4.79 Å². The summed E-state index contributed by atoms with van der Waals surface area (Å²) in [6, 6.07) is 9.16. The van der Waals surface area contributed by atoms with Crippen LogP contribution in [0.3, 0.4) is 0 Å². The molecule has 1 saturated heterocycles. The largest absolute Gasteiger partial charge is 0.362 e. The van der Waals surface area contributed by atoms with Crippen molar-refractivity contribution in [3.8, 4) is 6.07 Å². The van der Waals surface area contributed by atoms with Crippen LogP contribution in [0.15, 0.2) is 29.3 Å². The Kier molecular flexibility index (Phi) is 3.69. The molecule has 0 unspecified atom stereocenters. The number of methoxy groups -OCH3 is 1. The van der Waals surface area contributed by atoms with Crippen molar-refractivity contribution in [3.63, 3.8) is 0 Å². The van der Waals surface area contributed by atoms with Crippen molar-refractivity contribution < 1.29 is 9.53 Å². The van der Waals surface area contributed by atoms with Crippen LogP contribution < -0.4 is 4.90 Å². The number of halogens is 1. The molecule has 2 aliphatic rings. The van der Waals surface area contributed by atoms with E-state index in [0.717, 1.165) is 15.6 Å².